The van der Waals surface area contributed by atoms with Gasteiger partial charge in [-0.3, -0.25) is 0 Å². The zero-order valence-electron chi connectivity index (χ0n) is 13.8. The largest absolute Gasteiger partial charge is 0.382 e. The maximum Gasteiger partial charge on any atom is 0.319 e. The monoisotopic (exact) mass is 301 g/mol. The number of methoxy groups -OCH3 is 1. The molecule has 0 aromatic heterocycles. The second-order valence-corrected chi connectivity index (χ2v) is 5.70. The van der Waals surface area contributed by atoms with Gasteiger partial charge in [0.1, 0.15) is 0 Å². The number of nitrogens with zero attached hydrogens (tertiary/aromatic N) is 2. The first-order chi connectivity index (χ1) is 10.1. The van der Waals surface area contributed by atoms with E-state index in [0.717, 1.165) is 51.9 Å². The van der Waals surface area contributed by atoms with E-state index in [1.807, 2.05) is 4.90 Å². The lowest BCUT2D eigenvalue weighted by molar-refractivity contribution is 0.0686. The highest BCUT2D eigenvalue weighted by Crippen LogP contribution is 2.11. The van der Waals surface area contributed by atoms with E-state index in [4.69, 9.17) is 9.47 Å². The number of piperidine rings is 1. The standard InChI is InChI=1S/C15H31N3O3/c1-17(2)15(19)18-9-6-14(7-10-18)16-8-4-5-11-21-13-12-20-3/h14,16H,4-13H2,1-3H3. The Hall–Kier alpha value is -0.850. The molecule has 1 aliphatic heterocycles. The Morgan fingerprint density at radius 3 is 2.52 bits per heavy atom. The maximum atomic E-state index is 11.8. The summed E-state index contributed by atoms with van der Waals surface area (Å²) >= 11 is 0. The zero-order valence-corrected chi connectivity index (χ0v) is 13.8. The van der Waals surface area contributed by atoms with Crippen molar-refractivity contribution in [1.82, 2.24) is 15.1 Å². The van der Waals surface area contributed by atoms with Gasteiger partial charge in [-0.05, 0) is 32.2 Å². The third-order valence-corrected chi connectivity index (χ3v) is 3.73. The highest BCUT2D eigenvalue weighted by Gasteiger charge is 2.22. The van der Waals surface area contributed by atoms with Gasteiger partial charge in [-0.1, -0.05) is 0 Å². The van der Waals surface area contributed by atoms with Crippen LogP contribution in [0.3, 0.4) is 0 Å². The van der Waals surface area contributed by atoms with E-state index in [-0.39, 0.29) is 6.03 Å². The highest BCUT2D eigenvalue weighted by molar-refractivity contribution is 5.73. The zero-order chi connectivity index (χ0) is 15.5. The minimum Gasteiger partial charge on any atom is -0.382 e. The third-order valence-electron chi connectivity index (χ3n) is 3.73. The number of likely N-dealkylation sites (tertiary alicyclic amines) is 1. The van der Waals surface area contributed by atoms with E-state index in [0.29, 0.717) is 19.3 Å². The Bertz CT molecular complexity index is 279. The van der Waals surface area contributed by atoms with Crippen molar-refractivity contribution in [3.63, 3.8) is 0 Å². The van der Waals surface area contributed by atoms with E-state index in [1.165, 1.54) is 0 Å². The van der Waals surface area contributed by atoms with Crippen LogP contribution in [0.15, 0.2) is 0 Å². The number of amides is 2. The molecule has 0 saturated carbocycles. The topological polar surface area (TPSA) is 54.0 Å². The average molecular weight is 301 g/mol. The summed E-state index contributed by atoms with van der Waals surface area (Å²) in [7, 11) is 5.30. The second-order valence-electron chi connectivity index (χ2n) is 5.70. The Morgan fingerprint density at radius 1 is 1.19 bits per heavy atom. The van der Waals surface area contributed by atoms with Crippen LogP contribution in [0.4, 0.5) is 4.79 Å². The van der Waals surface area contributed by atoms with Crippen molar-refractivity contribution in [1.29, 1.82) is 0 Å². The summed E-state index contributed by atoms with van der Waals surface area (Å²) < 4.78 is 10.3. The predicted molar refractivity (Wildman–Crippen MR) is 83.6 cm³/mol. The van der Waals surface area contributed by atoms with Crippen LogP contribution in [-0.2, 0) is 9.47 Å². The normalized spacial score (nSPS) is 16.2. The quantitative estimate of drug-likeness (QED) is 0.650. The molecular formula is C15H31N3O3. The van der Waals surface area contributed by atoms with Crippen LogP contribution >= 0.6 is 0 Å². The molecule has 21 heavy (non-hydrogen) atoms. The molecule has 1 aliphatic rings. The van der Waals surface area contributed by atoms with Gasteiger partial charge in [-0.2, -0.15) is 0 Å². The molecule has 0 atom stereocenters. The number of unbranched alkanes of at least 4 members (excludes halogenated alkanes) is 1. The van der Waals surface area contributed by atoms with Crippen LogP contribution in [-0.4, -0.2) is 82.5 Å². The fourth-order valence-corrected chi connectivity index (χ4v) is 2.44. The van der Waals surface area contributed by atoms with E-state index < -0.39 is 0 Å². The molecule has 2 amide bonds. The lowest BCUT2D eigenvalue weighted by atomic mass is 10.1. The van der Waals surface area contributed by atoms with Crippen LogP contribution in [0.2, 0.25) is 0 Å². The highest BCUT2D eigenvalue weighted by atomic mass is 16.5. The smallest absolute Gasteiger partial charge is 0.319 e. The molecule has 6 nitrogen and oxygen atoms in total. The van der Waals surface area contributed by atoms with Gasteiger partial charge in [0.25, 0.3) is 0 Å². The summed E-state index contributed by atoms with van der Waals surface area (Å²) in [5, 5.41) is 3.58. The molecule has 6 heteroatoms. The van der Waals surface area contributed by atoms with Crippen LogP contribution in [0.1, 0.15) is 25.7 Å². The summed E-state index contributed by atoms with van der Waals surface area (Å²) in [6, 6.07) is 0.673. The van der Waals surface area contributed by atoms with Crippen molar-refractivity contribution in [3.05, 3.63) is 0 Å². The maximum absolute atomic E-state index is 11.8. The fraction of sp³-hybridized carbons (Fsp3) is 0.933. The van der Waals surface area contributed by atoms with Crippen molar-refractivity contribution in [3.8, 4) is 0 Å². The van der Waals surface area contributed by atoms with Crippen LogP contribution in [0, 0.1) is 0 Å². The molecule has 1 rings (SSSR count). The molecule has 0 aromatic carbocycles. The first-order valence-electron chi connectivity index (χ1n) is 7.91. The summed E-state index contributed by atoms with van der Waals surface area (Å²) in [5.74, 6) is 0. The first-order valence-corrected chi connectivity index (χ1v) is 7.91. The number of urea groups is 1. The average Bonchev–Trinajstić information content (AvgIpc) is 2.49. The Labute approximate surface area is 128 Å². The minimum atomic E-state index is 0.127. The van der Waals surface area contributed by atoms with Gasteiger partial charge >= 0.3 is 6.03 Å². The Morgan fingerprint density at radius 2 is 1.90 bits per heavy atom. The van der Waals surface area contributed by atoms with Gasteiger partial charge in [0, 0.05) is 46.9 Å². The number of rotatable bonds is 9. The fourth-order valence-electron chi connectivity index (χ4n) is 2.44. The summed E-state index contributed by atoms with van der Waals surface area (Å²) in [6.45, 7) is 4.90. The van der Waals surface area contributed by atoms with Gasteiger partial charge in [0.05, 0.1) is 13.2 Å². The van der Waals surface area contributed by atoms with Gasteiger partial charge in [0.2, 0.25) is 0 Å². The molecule has 1 N–H and O–H groups in total. The summed E-state index contributed by atoms with van der Waals surface area (Å²) in [4.78, 5) is 15.4. The van der Waals surface area contributed by atoms with E-state index in [1.54, 1.807) is 26.1 Å². The van der Waals surface area contributed by atoms with Crippen LogP contribution in [0.5, 0.6) is 0 Å². The van der Waals surface area contributed by atoms with Crippen molar-refractivity contribution in [2.24, 2.45) is 0 Å². The molecule has 0 bridgehead atoms. The lowest BCUT2D eigenvalue weighted by Crippen LogP contribution is -2.48. The molecule has 0 aromatic rings. The molecule has 0 aliphatic carbocycles. The third kappa shape index (κ3) is 7.64. The van der Waals surface area contributed by atoms with Crippen molar-refractivity contribution < 1.29 is 14.3 Å². The van der Waals surface area contributed by atoms with Crippen LogP contribution in [0.25, 0.3) is 0 Å². The van der Waals surface area contributed by atoms with Gasteiger partial charge in [0.15, 0.2) is 0 Å². The SMILES string of the molecule is COCCOCCCCNC1CCN(C(=O)N(C)C)CC1. The molecule has 124 valence electrons. The van der Waals surface area contributed by atoms with E-state index in [9.17, 15) is 4.79 Å². The van der Waals surface area contributed by atoms with Crippen molar-refractivity contribution in [2.45, 2.75) is 31.7 Å². The number of carbonyl (C=O) groups excluding carboxylic acids is 1. The molecule has 1 fully saturated rings. The lowest BCUT2D eigenvalue weighted by Gasteiger charge is -2.34. The van der Waals surface area contributed by atoms with Crippen molar-refractivity contribution >= 4 is 6.03 Å². The van der Waals surface area contributed by atoms with E-state index >= 15 is 0 Å². The molecule has 1 heterocycles. The minimum absolute atomic E-state index is 0.127. The first kappa shape index (κ1) is 18.2. The molecule has 0 radical (unpaired) electrons. The Balaban J connectivity index is 1.97. The number of hydrogen-bond acceptors (Lipinski definition) is 4. The predicted octanol–water partition coefficient (Wildman–Crippen LogP) is 1.17. The van der Waals surface area contributed by atoms with Crippen molar-refractivity contribution in [2.75, 3.05) is 60.7 Å². The molecular weight excluding hydrogens is 270 g/mol. The Kier molecular flexibility index (Phi) is 9.37. The number of nitrogens with one attached hydrogen (secondary N) is 1. The van der Waals surface area contributed by atoms with Gasteiger partial charge < -0.3 is 24.6 Å². The number of hydrogen-bond donors (Lipinski definition) is 1. The summed E-state index contributed by atoms with van der Waals surface area (Å²) in [5.41, 5.74) is 0. The molecule has 0 spiro atoms. The second kappa shape index (κ2) is 10.8. The van der Waals surface area contributed by atoms with E-state index in [2.05, 4.69) is 5.32 Å². The summed E-state index contributed by atoms with van der Waals surface area (Å²) in [6.07, 6.45) is 4.30. The number of carbonyl (C=O) groups is 1. The van der Waals surface area contributed by atoms with Gasteiger partial charge in [-0.15, -0.1) is 0 Å². The van der Waals surface area contributed by atoms with Gasteiger partial charge in [-0.25, -0.2) is 4.79 Å². The molecule has 1 saturated heterocycles. The van der Waals surface area contributed by atoms with Crippen LogP contribution < -0.4 is 5.32 Å². The molecule has 0 unspecified atom stereocenters. The number of ether oxygens (including phenoxy) is 2.